The van der Waals surface area contributed by atoms with E-state index in [-0.39, 0.29) is 17.9 Å². The van der Waals surface area contributed by atoms with E-state index >= 15 is 0 Å². The highest BCUT2D eigenvalue weighted by Crippen LogP contribution is 2.20. The van der Waals surface area contributed by atoms with Crippen LogP contribution in [0.1, 0.15) is 22.7 Å². The maximum absolute atomic E-state index is 13.0. The number of alkyl halides is 2. The first-order chi connectivity index (χ1) is 9.90. The number of nitrogens with zero attached hydrogens (tertiary/aromatic N) is 3. The fourth-order valence-electron chi connectivity index (χ4n) is 1.80. The van der Waals surface area contributed by atoms with E-state index in [0.717, 1.165) is 12.3 Å². The zero-order valence-electron chi connectivity index (χ0n) is 10.9. The average Bonchev–Trinajstić information content (AvgIpc) is 2.86. The Kier molecular flexibility index (Phi) is 4.66. The van der Waals surface area contributed by atoms with Gasteiger partial charge in [0.05, 0.1) is 12.1 Å². The number of halogens is 4. The molecule has 2 aromatic rings. The minimum Gasteiger partial charge on any atom is -0.334 e. The Morgan fingerprint density at radius 1 is 1.48 bits per heavy atom. The molecule has 4 nitrogen and oxygen atoms in total. The van der Waals surface area contributed by atoms with Gasteiger partial charge in [0.15, 0.2) is 0 Å². The molecule has 0 radical (unpaired) electrons. The lowest BCUT2D eigenvalue weighted by atomic mass is 10.2. The maximum atomic E-state index is 13.0. The summed E-state index contributed by atoms with van der Waals surface area (Å²) >= 11 is 3.10. The molecule has 1 aromatic heterocycles. The van der Waals surface area contributed by atoms with Crippen LogP contribution in [-0.4, -0.2) is 27.4 Å². The fourth-order valence-corrected chi connectivity index (χ4v) is 2.32. The van der Waals surface area contributed by atoms with Gasteiger partial charge in [-0.1, -0.05) is 0 Å². The van der Waals surface area contributed by atoms with Crippen molar-refractivity contribution in [3.63, 3.8) is 0 Å². The molecule has 1 amide bonds. The highest BCUT2D eigenvalue weighted by atomic mass is 79.9. The summed E-state index contributed by atoms with van der Waals surface area (Å²) in [6.45, 7) is -2.80. The molecule has 1 heterocycles. The van der Waals surface area contributed by atoms with Crippen LogP contribution in [0.25, 0.3) is 0 Å². The summed E-state index contributed by atoms with van der Waals surface area (Å²) in [5.74, 6) is -0.834. The molecule has 8 heteroatoms. The van der Waals surface area contributed by atoms with Crippen molar-refractivity contribution in [1.82, 2.24) is 14.5 Å². The predicted octanol–water partition coefficient (Wildman–Crippen LogP) is 3.45. The lowest BCUT2D eigenvalue weighted by molar-refractivity contribution is 0.0612. The van der Waals surface area contributed by atoms with E-state index in [1.54, 1.807) is 0 Å². The van der Waals surface area contributed by atoms with Crippen molar-refractivity contribution in [3.05, 3.63) is 52.3 Å². The largest absolute Gasteiger partial charge is 0.334 e. The molecule has 0 unspecified atom stereocenters. The lowest BCUT2D eigenvalue weighted by Gasteiger charge is -2.18. The quantitative estimate of drug-likeness (QED) is 0.836. The number of carbonyl (C=O) groups excluding carboxylic acids is 1. The monoisotopic (exact) mass is 361 g/mol. The molecule has 0 fully saturated rings. The van der Waals surface area contributed by atoms with Crippen molar-refractivity contribution in [2.45, 2.75) is 13.1 Å². The molecule has 2 rings (SSSR count). The van der Waals surface area contributed by atoms with E-state index in [9.17, 15) is 18.0 Å². The number of imidazole rings is 1. The number of benzene rings is 1. The Hall–Kier alpha value is -1.83. The summed E-state index contributed by atoms with van der Waals surface area (Å²) in [5.41, 5.74) is 0.244. The summed E-state index contributed by atoms with van der Waals surface area (Å²) in [5, 5.41) is 0. The van der Waals surface area contributed by atoms with Crippen molar-refractivity contribution in [2.75, 3.05) is 7.05 Å². The highest BCUT2D eigenvalue weighted by Gasteiger charge is 2.19. The van der Waals surface area contributed by atoms with Crippen LogP contribution in [0.15, 0.2) is 35.1 Å². The predicted molar refractivity (Wildman–Crippen MR) is 73.4 cm³/mol. The maximum Gasteiger partial charge on any atom is 0.319 e. The molecular formula is C13H11BrF3N3O. The van der Waals surface area contributed by atoms with Crippen molar-refractivity contribution in [3.8, 4) is 0 Å². The van der Waals surface area contributed by atoms with Gasteiger partial charge in [0.2, 0.25) is 0 Å². The molecule has 0 aliphatic carbocycles. The van der Waals surface area contributed by atoms with Gasteiger partial charge >= 0.3 is 6.55 Å². The molecule has 0 spiro atoms. The van der Waals surface area contributed by atoms with Crippen LogP contribution in [0, 0.1) is 5.82 Å². The minimum atomic E-state index is -2.72. The third-order valence-corrected chi connectivity index (χ3v) is 3.50. The van der Waals surface area contributed by atoms with Gasteiger partial charge in [-0.2, -0.15) is 8.78 Å². The smallest absolute Gasteiger partial charge is 0.319 e. The summed E-state index contributed by atoms with van der Waals surface area (Å²) in [4.78, 5) is 17.3. The third kappa shape index (κ3) is 3.44. The summed E-state index contributed by atoms with van der Waals surface area (Å²) in [7, 11) is 1.46. The molecule has 0 atom stereocenters. The van der Waals surface area contributed by atoms with Gasteiger partial charge in [-0.05, 0) is 34.1 Å². The summed E-state index contributed by atoms with van der Waals surface area (Å²) < 4.78 is 39.4. The van der Waals surface area contributed by atoms with Crippen molar-refractivity contribution in [1.29, 1.82) is 0 Å². The van der Waals surface area contributed by atoms with E-state index in [0.29, 0.717) is 9.04 Å². The van der Waals surface area contributed by atoms with Gasteiger partial charge < -0.3 is 4.90 Å². The van der Waals surface area contributed by atoms with Crippen LogP contribution in [0.3, 0.4) is 0 Å². The van der Waals surface area contributed by atoms with Crippen LogP contribution in [0.5, 0.6) is 0 Å². The van der Waals surface area contributed by atoms with Crippen LogP contribution in [0.2, 0.25) is 0 Å². The molecule has 0 bridgehead atoms. The standard InChI is InChI=1S/C13H11BrF3N3O/c1-19(7-11-18-4-5-20(11)13(16)17)12(21)9-3-2-8(15)6-10(9)14/h2-6,13H,7H2,1H3. The molecule has 0 N–H and O–H groups in total. The lowest BCUT2D eigenvalue weighted by Crippen LogP contribution is -2.28. The average molecular weight is 362 g/mol. The first-order valence-corrected chi connectivity index (χ1v) is 6.70. The molecule has 0 aliphatic heterocycles. The summed E-state index contributed by atoms with van der Waals surface area (Å²) in [6, 6.07) is 3.66. The SMILES string of the molecule is CN(Cc1nccn1C(F)F)C(=O)c1ccc(F)cc1Br. The van der Waals surface area contributed by atoms with Crippen LogP contribution < -0.4 is 0 Å². The Morgan fingerprint density at radius 2 is 2.19 bits per heavy atom. The van der Waals surface area contributed by atoms with Gasteiger partial charge in [0, 0.05) is 23.9 Å². The third-order valence-electron chi connectivity index (χ3n) is 2.85. The number of hydrogen-bond acceptors (Lipinski definition) is 2. The van der Waals surface area contributed by atoms with Crippen LogP contribution >= 0.6 is 15.9 Å². The van der Waals surface area contributed by atoms with E-state index in [4.69, 9.17) is 0 Å². The van der Waals surface area contributed by atoms with Gasteiger partial charge in [-0.15, -0.1) is 0 Å². The molecule has 0 aliphatic rings. The van der Waals surface area contributed by atoms with Crippen molar-refractivity contribution in [2.24, 2.45) is 0 Å². The molecule has 0 saturated carbocycles. The molecule has 0 saturated heterocycles. The molecular weight excluding hydrogens is 351 g/mol. The zero-order valence-corrected chi connectivity index (χ0v) is 12.5. The zero-order chi connectivity index (χ0) is 15.6. The Balaban J connectivity index is 2.18. The van der Waals surface area contributed by atoms with Gasteiger partial charge in [0.1, 0.15) is 11.6 Å². The van der Waals surface area contributed by atoms with E-state index in [1.807, 2.05) is 0 Å². The van der Waals surface area contributed by atoms with E-state index in [2.05, 4.69) is 20.9 Å². The number of rotatable bonds is 4. The topological polar surface area (TPSA) is 38.1 Å². The number of aromatic nitrogens is 2. The van der Waals surface area contributed by atoms with Gasteiger partial charge in [-0.3, -0.25) is 9.36 Å². The van der Waals surface area contributed by atoms with Crippen LogP contribution in [-0.2, 0) is 6.54 Å². The molecule has 1 aromatic carbocycles. The minimum absolute atomic E-state index is 0.0686. The Labute approximate surface area is 127 Å². The van der Waals surface area contributed by atoms with Gasteiger partial charge in [0.25, 0.3) is 5.91 Å². The second-order valence-electron chi connectivity index (χ2n) is 4.31. The fraction of sp³-hybridized carbons (Fsp3) is 0.231. The normalized spacial score (nSPS) is 11.0. The van der Waals surface area contributed by atoms with Crippen LogP contribution in [0.4, 0.5) is 13.2 Å². The van der Waals surface area contributed by atoms with E-state index in [1.165, 1.54) is 30.3 Å². The molecule has 112 valence electrons. The first-order valence-electron chi connectivity index (χ1n) is 5.90. The van der Waals surface area contributed by atoms with E-state index < -0.39 is 18.3 Å². The number of hydrogen-bond donors (Lipinski definition) is 0. The van der Waals surface area contributed by atoms with Crippen molar-refractivity contribution < 1.29 is 18.0 Å². The second kappa shape index (κ2) is 6.30. The number of amides is 1. The Bertz CT molecular complexity index is 660. The van der Waals surface area contributed by atoms with Crippen molar-refractivity contribution >= 4 is 21.8 Å². The van der Waals surface area contributed by atoms with Gasteiger partial charge in [-0.25, -0.2) is 9.37 Å². The molecule has 21 heavy (non-hydrogen) atoms. The first kappa shape index (κ1) is 15.6. The summed E-state index contributed by atoms with van der Waals surface area (Å²) in [6.07, 6.45) is 2.39. The highest BCUT2D eigenvalue weighted by molar-refractivity contribution is 9.10. The number of carbonyl (C=O) groups is 1. The second-order valence-corrected chi connectivity index (χ2v) is 5.17. The Morgan fingerprint density at radius 3 is 2.81 bits per heavy atom.